The lowest BCUT2D eigenvalue weighted by atomic mass is 10.1. The first kappa shape index (κ1) is 18.8. The Hall–Kier alpha value is -1.22. The molecule has 0 saturated heterocycles. The number of nitrogens with zero attached hydrogens (tertiary/aromatic N) is 1. The number of hydrogen-bond donors (Lipinski definition) is 1. The second-order valence-electron chi connectivity index (χ2n) is 5.70. The predicted molar refractivity (Wildman–Crippen MR) is 97.0 cm³/mol. The Morgan fingerprint density at radius 1 is 1.05 bits per heavy atom. The summed E-state index contributed by atoms with van der Waals surface area (Å²) in [5, 5.41) is 3.50. The Balaban J connectivity index is 2.79. The maximum Gasteiger partial charge on any atom is 0.142 e. The summed E-state index contributed by atoms with van der Waals surface area (Å²) in [4.78, 5) is 2.42. The van der Waals surface area contributed by atoms with Crippen LogP contribution in [0.5, 0.6) is 5.75 Å². The van der Waals surface area contributed by atoms with Gasteiger partial charge in [0.05, 0.1) is 12.3 Å². The van der Waals surface area contributed by atoms with Crippen molar-refractivity contribution in [3.05, 3.63) is 23.8 Å². The Morgan fingerprint density at radius 3 is 2.45 bits per heavy atom. The van der Waals surface area contributed by atoms with Crippen LogP contribution in [0.1, 0.15) is 58.9 Å². The molecule has 0 aromatic heterocycles. The van der Waals surface area contributed by atoms with E-state index in [9.17, 15) is 0 Å². The monoisotopic (exact) mass is 306 g/mol. The van der Waals surface area contributed by atoms with E-state index >= 15 is 0 Å². The van der Waals surface area contributed by atoms with Gasteiger partial charge in [0.1, 0.15) is 5.75 Å². The van der Waals surface area contributed by atoms with E-state index in [4.69, 9.17) is 4.74 Å². The third-order valence-electron chi connectivity index (χ3n) is 3.86. The Bertz CT molecular complexity index is 406. The van der Waals surface area contributed by atoms with Crippen molar-refractivity contribution < 1.29 is 4.74 Å². The van der Waals surface area contributed by atoms with Crippen molar-refractivity contribution in [2.75, 3.05) is 31.1 Å². The van der Waals surface area contributed by atoms with Gasteiger partial charge in [-0.05, 0) is 50.9 Å². The highest BCUT2D eigenvalue weighted by Crippen LogP contribution is 2.30. The fourth-order valence-electron chi connectivity index (χ4n) is 2.53. The van der Waals surface area contributed by atoms with Gasteiger partial charge in [-0.1, -0.05) is 32.8 Å². The lowest BCUT2D eigenvalue weighted by Gasteiger charge is -2.26. The molecule has 1 rings (SSSR count). The van der Waals surface area contributed by atoms with Crippen LogP contribution in [0, 0.1) is 0 Å². The lowest BCUT2D eigenvalue weighted by Crippen LogP contribution is -2.24. The van der Waals surface area contributed by atoms with Crippen molar-refractivity contribution in [2.24, 2.45) is 0 Å². The molecule has 0 fully saturated rings. The van der Waals surface area contributed by atoms with E-state index in [1.165, 1.54) is 36.9 Å². The number of rotatable bonds is 12. The zero-order chi connectivity index (χ0) is 16.2. The van der Waals surface area contributed by atoms with Crippen molar-refractivity contribution in [3.8, 4) is 5.75 Å². The normalized spacial score (nSPS) is 10.7. The summed E-state index contributed by atoms with van der Waals surface area (Å²) in [6, 6.07) is 6.65. The Labute approximate surface area is 137 Å². The van der Waals surface area contributed by atoms with Crippen LogP contribution in [0.25, 0.3) is 0 Å². The average Bonchev–Trinajstić information content (AvgIpc) is 2.54. The van der Waals surface area contributed by atoms with Crippen LogP contribution >= 0.6 is 0 Å². The van der Waals surface area contributed by atoms with Gasteiger partial charge in [-0.2, -0.15) is 0 Å². The molecule has 0 aliphatic rings. The largest absolute Gasteiger partial charge is 0.492 e. The van der Waals surface area contributed by atoms with E-state index in [0.29, 0.717) is 6.61 Å². The molecule has 0 aliphatic heterocycles. The molecule has 0 aliphatic carbocycles. The Kier molecular flexibility index (Phi) is 9.72. The average molecular weight is 306 g/mol. The fourth-order valence-corrected chi connectivity index (χ4v) is 2.53. The third-order valence-corrected chi connectivity index (χ3v) is 3.86. The zero-order valence-corrected chi connectivity index (χ0v) is 15.0. The van der Waals surface area contributed by atoms with Crippen LogP contribution < -0.4 is 15.0 Å². The van der Waals surface area contributed by atoms with Gasteiger partial charge in [0, 0.05) is 19.6 Å². The van der Waals surface area contributed by atoms with Crippen molar-refractivity contribution in [3.63, 3.8) is 0 Å². The van der Waals surface area contributed by atoms with Gasteiger partial charge in [-0.15, -0.1) is 0 Å². The molecule has 1 aromatic rings. The number of nitrogens with one attached hydrogen (secondary N) is 1. The molecule has 0 saturated carbocycles. The fraction of sp³-hybridized carbons (Fsp3) is 0.684. The number of ether oxygens (including phenoxy) is 1. The highest BCUT2D eigenvalue weighted by molar-refractivity contribution is 5.59. The summed E-state index contributed by atoms with van der Waals surface area (Å²) in [6.07, 6.45) is 4.91. The van der Waals surface area contributed by atoms with Crippen LogP contribution in [0.4, 0.5) is 5.69 Å². The summed E-state index contributed by atoms with van der Waals surface area (Å²) in [5.41, 5.74) is 2.53. The topological polar surface area (TPSA) is 24.5 Å². The highest BCUT2D eigenvalue weighted by Gasteiger charge is 2.11. The van der Waals surface area contributed by atoms with Crippen LogP contribution in [0.2, 0.25) is 0 Å². The van der Waals surface area contributed by atoms with E-state index in [0.717, 1.165) is 31.9 Å². The zero-order valence-electron chi connectivity index (χ0n) is 15.0. The highest BCUT2D eigenvalue weighted by atomic mass is 16.5. The SMILES string of the molecule is CCCCNCc1ccc(N(CC)CCCC)c(OCC)c1. The quantitative estimate of drug-likeness (QED) is 0.571. The minimum absolute atomic E-state index is 0.713. The van der Waals surface area contributed by atoms with Gasteiger partial charge >= 0.3 is 0 Å². The predicted octanol–water partition coefficient (Wildman–Crippen LogP) is 4.60. The summed E-state index contributed by atoms with van der Waals surface area (Å²) < 4.78 is 5.90. The molecule has 0 atom stereocenters. The van der Waals surface area contributed by atoms with Gasteiger partial charge in [0.15, 0.2) is 0 Å². The minimum Gasteiger partial charge on any atom is -0.492 e. The number of anilines is 1. The number of benzene rings is 1. The molecular weight excluding hydrogens is 272 g/mol. The standard InChI is InChI=1S/C19H34N2O/c1-5-9-13-20-16-17-11-12-18(19(15-17)22-8-4)21(7-3)14-10-6-2/h11-12,15,20H,5-10,13-14,16H2,1-4H3. The smallest absolute Gasteiger partial charge is 0.142 e. The summed E-state index contributed by atoms with van der Waals surface area (Å²) >= 11 is 0. The molecular formula is C19H34N2O. The maximum absolute atomic E-state index is 5.90. The first-order valence-electron chi connectivity index (χ1n) is 8.98. The summed E-state index contributed by atoms with van der Waals surface area (Å²) in [5.74, 6) is 1.02. The molecule has 1 aromatic carbocycles. The molecule has 0 radical (unpaired) electrons. The Morgan fingerprint density at radius 2 is 1.82 bits per heavy atom. The number of unbranched alkanes of at least 4 members (excludes halogenated alkanes) is 2. The van der Waals surface area contributed by atoms with Crippen molar-refractivity contribution >= 4 is 5.69 Å². The third kappa shape index (κ3) is 6.27. The molecule has 0 heterocycles. The number of hydrogen-bond acceptors (Lipinski definition) is 3. The van der Waals surface area contributed by atoms with E-state index in [-0.39, 0.29) is 0 Å². The molecule has 0 bridgehead atoms. The van der Waals surface area contributed by atoms with Crippen molar-refractivity contribution in [1.82, 2.24) is 5.32 Å². The second-order valence-corrected chi connectivity index (χ2v) is 5.70. The van der Waals surface area contributed by atoms with Crippen LogP contribution in [0.3, 0.4) is 0 Å². The van der Waals surface area contributed by atoms with E-state index in [1.807, 2.05) is 0 Å². The van der Waals surface area contributed by atoms with Gasteiger partial charge in [-0.3, -0.25) is 0 Å². The van der Waals surface area contributed by atoms with Crippen LogP contribution in [-0.4, -0.2) is 26.2 Å². The van der Waals surface area contributed by atoms with Gasteiger partial charge < -0.3 is 15.0 Å². The molecule has 0 amide bonds. The van der Waals surface area contributed by atoms with Gasteiger partial charge in [-0.25, -0.2) is 0 Å². The van der Waals surface area contributed by atoms with Crippen LogP contribution in [-0.2, 0) is 6.54 Å². The van der Waals surface area contributed by atoms with E-state index in [1.54, 1.807) is 0 Å². The lowest BCUT2D eigenvalue weighted by molar-refractivity contribution is 0.340. The van der Waals surface area contributed by atoms with Crippen LogP contribution in [0.15, 0.2) is 18.2 Å². The molecule has 22 heavy (non-hydrogen) atoms. The van der Waals surface area contributed by atoms with Crippen molar-refractivity contribution in [2.45, 2.75) is 59.9 Å². The minimum atomic E-state index is 0.713. The molecule has 0 spiro atoms. The summed E-state index contributed by atoms with van der Waals surface area (Å²) in [6.45, 7) is 13.6. The first-order valence-corrected chi connectivity index (χ1v) is 8.98. The molecule has 3 heteroatoms. The van der Waals surface area contributed by atoms with Gasteiger partial charge in [0.2, 0.25) is 0 Å². The maximum atomic E-state index is 5.90. The van der Waals surface area contributed by atoms with Gasteiger partial charge in [0.25, 0.3) is 0 Å². The first-order chi connectivity index (χ1) is 10.8. The summed E-state index contributed by atoms with van der Waals surface area (Å²) in [7, 11) is 0. The molecule has 0 unspecified atom stereocenters. The molecule has 1 N–H and O–H groups in total. The second kappa shape index (κ2) is 11.4. The van der Waals surface area contributed by atoms with E-state index < -0.39 is 0 Å². The van der Waals surface area contributed by atoms with E-state index in [2.05, 4.69) is 56.1 Å². The molecule has 126 valence electrons. The molecule has 3 nitrogen and oxygen atoms in total. The van der Waals surface area contributed by atoms with Crippen molar-refractivity contribution in [1.29, 1.82) is 0 Å².